The van der Waals surface area contributed by atoms with Gasteiger partial charge in [0, 0.05) is 48.9 Å². The molecule has 5 rings (SSSR count). The Bertz CT molecular complexity index is 1960. The molecular weight excluding hydrogens is 811 g/mol. The number of furan rings is 1. The predicted octanol–water partition coefficient (Wildman–Crippen LogP) is 12.0. The molecule has 0 fully saturated rings. The molecule has 275 valence electrons. The zero-order chi connectivity index (χ0) is 36.9. The number of carbonyl (C=O) groups is 1. The van der Waals surface area contributed by atoms with E-state index in [-0.39, 0.29) is 47.9 Å². The summed E-state index contributed by atoms with van der Waals surface area (Å²) in [4.78, 5) is 25.9. The van der Waals surface area contributed by atoms with Gasteiger partial charge < -0.3 is 9.52 Å². The molecule has 0 unspecified atom stereocenters. The first-order valence-electron chi connectivity index (χ1n) is 18.2. The predicted molar refractivity (Wildman–Crippen MR) is 207 cm³/mol. The smallest absolute Gasteiger partial charge is 0.164 e. The Morgan fingerprint density at radius 3 is 2.12 bits per heavy atom. The van der Waals surface area contributed by atoms with Crippen molar-refractivity contribution in [3.8, 4) is 22.5 Å². The number of benzene rings is 2. The molecule has 0 aliphatic rings. The van der Waals surface area contributed by atoms with E-state index in [4.69, 9.17) is 4.42 Å². The molecule has 3 heterocycles. The van der Waals surface area contributed by atoms with Crippen molar-refractivity contribution < 1.29 is 34.4 Å². The van der Waals surface area contributed by atoms with Crippen LogP contribution in [0, 0.1) is 22.8 Å². The number of rotatable bonds is 11. The van der Waals surface area contributed by atoms with Crippen LogP contribution in [0.25, 0.3) is 44.4 Å². The molecule has 0 aliphatic carbocycles. The number of aromatic nitrogens is 3. The van der Waals surface area contributed by atoms with Crippen LogP contribution in [0.1, 0.15) is 113 Å². The fourth-order valence-electron chi connectivity index (χ4n) is 6.09. The molecule has 0 atom stereocenters. The van der Waals surface area contributed by atoms with Gasteiger partial charge in [-0.1, -0.05) is 105 Å². The SMILES string of the molecule is CC(C)Cc1ccnc2c(-c3cc(-c4[c-]c5ccccc5c(C(C)(C)C)c4)ncn3)coc12.CCC(C)(CC)C(=O)/C=C(\O)C(C)(CC)CC.[Ir]. The zero-order valence-corrected chi connectivity index (χ0v) is 34.8. The number of allylic oxidation sites excluding steroid dienone is 2. The van der Waals surface area contributed by atoms with Gasteiger partial charge in [0.05, 0.1) is 11.3 Å². The van der Waals surface area contributed by atoms with E-state index in [1.807, 2.05) is 59.9 Å². The van der Waals surface area contributed by atoms with Gasteiger partial charge in [-0.25, -0.2) is 4.98 Å². The first-order chi connectivity index (χ1) is 23.6. The summed E-state index contributed by atoms with van der Waals surface area (Å²) in [5.41, 5.74) is 7.01. The van der Waals surface area contributed by atoms with Crippen LogP contribution in [-0.4, -0.2) is 25.8 Å². The maximum absolute atomic E-state index is 12.2. The Morgan fingerprint density at radius 1 is 0.882 bits per heavy atom. The van der Waals surface area contributed by atoms with Gasteiger partial charge in [0.25, 0.3) is 0 Å². The first kappa shape index (κ1) is 41.7. The van der Waals surface area contributed by atoms with Crippen molar-refractivity contribution in [1.29, 1.82) is 0 Å². The fraction of sp³-hybridized carbons (Fsp3) is 0.455. The molecule has 0 bridgehead atoms. The summed E-state index contributed by atoms with van der Waals surface area (Å²) in [5, 5.41) is 12.5. The van der Waals surface area contributed by atoms with Crippen LogP contribution in [0.15, 0.2) is 77.5 Å². The summed E-state index contributed by atoms with van der Waals surface area (Å²) in [5.74, 6) is 0.823. The average Bonchev–Trinajstić information content (AvgIpc) is 3.55. The molecule has 3 aromatic heterocycles. The van der Waals surface area contributed by atoms with Crippen molar-refractivity contribution in [2.75, 3.05) is 0 Å². The molecule has 0 saturated carbocycles. The normalized spacial score (nSPS) is 12.5. The summed E-state index contributed by atoms with van der Waals surface area (Å²) in [7, 11) is 0. The molecule has 7 heteroatoms. The van der Waals surface area contributed by atoms with Crippen LogP contribution < -0.4 is 0 Å². The molecule has 51 heavy (non-hydrogen) atoms. The average molecular weight is 867 g/mol. The molecule has 2 aromatic carbocycles. The Hall–Kier alpha value is -3.67. The van der Waals surface area contributed by atoms with Crippen molar-refractivity contribution in [3.63, 3.8) is 0 Å². The second kappa shape index (κ2) is 17.2. The van der Waals surface area contributed by atoms with Gasteiger partial charge in [-0.05, 0) is 61.1 Å². The third kappa shape index (κ3) is 9.42. The van der Waals surface area contributed by atoms with Gasteiger partial charge in [-0.15, -0.1) is 29.1 Å². The summed E-state index contributed by atoms with van der Waals surface area (Å²) < 4.78 is 5.97. The second-order valence-electron chi connectivity index (χ2n) is 15.5. The molecule has 0 aliphatic heterocycles. The van der Waals surface area contributed by atoms with Crippen molar-refractivity contribution in [2.24, 2.45) is 16.7 Å². The molecule has 0 amide bonds. The van der Waals surface area contributed by atoms with Crippen molar-refractivity contribution in [3.05, 3.63) is 90.3 Å². The quantitative estimate of drug-likeness (QED) is 0.0808. The second-order valence-corrected chi connectivity index (χ2v) is 15.5. The summed E-state index contributed by atoms with van der Waals surface area (Å²) in [6.07, 6.45) is 10.9. The monoisotopic (exact) mass is 867 g/mol. The van der Waals surface area contributed by atoms with E-state index in [9.17, 15) is 9.90 Å². The van der Waals surface area contributed by atoms with E-state index in [0.717, 1.165) is 71.1 Å². The molecule has 1 N–H and O–H groups in total. The number of pyridine rings is 1. The number of nitrogens with zero attached hydrogens (tertiary/aromatic N) is 3. The Morgan fingerprint density at radius 2 is 1.51 bits per heavy atom. The van der Waals surface area contributed by atoms with Gasteiger partial charge >= 0.3 is 0 Å². The topological polar surface area (TPSA) is 89.1 Å². The van der Waals surface area contributed by atoms with Crippen molar-refractivity contribution in [2.45, 2.75) is 114 Å². The first-order valence-corrected chi connectivity index (χ1v) is 18.2. The van der Waals surface area contributed by atoms with E-state index in [2.05, 4.69) is 86.0 Å². The van der Waals surface area contributed by atoms with Crippen molar-refractivity contribution >= 4 is 27.7 Å². The number of hydrogen-bond acceptors (Lipinski definition) is 6. The maximum atomic E-state index is 12.2. The van der Waals surface area contributed by atoms with Gasteiger partial charge in [-0.3, -0.25) is 14.8 Å². The summed E-state index contributed by atoms with van der Waals surface area (Å²) in [6.45, 7) is 23.2. The zero-order valence-electron chi connectivity index (χ0n) is 32.4. The van der Waals surface area contributed by atoms with Gasteiger partial charge in [0.2, 0.25) is 0 Å². The molecule has 0 spiro atoms. The number of aliphatic hydroxyl groups is 1. The number of fused-ring (bicyclic) bond motifs is 2. The summed E-state index contributed by atoms with van der Waals surface area (Å²) in [6, 6.07) is 18.2. The standard InChI is InChI=1S/C29H28N3O.C15H28O2.Ir/c1-18(2)12-20-10-11-30-27-23(16-33-28(20)27)26-15-25(31-17-32-26)21-13-19-8-6-7-9-22(19)24(14-21)29(3,4)5;1-7-14(5,8-2)12(16)11-13(17)15(6,9-3)10-4;/h6-11,14-18H,12H2,1-5H3;11,16H,7-10H2,1-6H3;/q-1;;/b;12-11-;. The minimum absolute atomic E-state index is 0. The summed E-state index contributed by atoms with van der Waals surface area (Å²) >= 11 is 0. The Labute approximate surface area is 319 Å². The number of hydrogen-bond donors (Lipinski definition) is 1. The van der Waals surface area contributed by atoms with E-state index >= 15 is 0 Å². The number of carbonyl (C=O) groups excluding carboxylic acids is 1. The number of ketones is 1. The minimum Gasteiger partial charge on any atom is -0.512 e. The van der Waals surface area contributed by atoms with Crippen LogP contribution in [0.4, 0.5) is 0 Å². The van der Waals surface area contributed by atoms with E-state index < -0.39 is 0 Å². The van der Waals surface area contributed by atoms with Crippen LogP contribution in [-0.2, 0) is 36.7 Å². The van der Waals surface area contributed by atoms with Crippen LogP contribution in [0.2, 0.25) is 0 Å². The number of aliphatic hydroxyl groups excluding tert-OH is 1. The third-order valence-corrected chi connectivity index (χ3v) is 10.6. The van der Waals surface area contributed by atoms with E-state index in [0.29, 0.717) is 5.92 Å². The van der Waals surface area contributed by atoms with Crippen LogP contribution in [0.3, 0.4) is 0 Å². The van der Waals surface area contributed by atoms with Crippen LogP contribution >= 0.6 is 0 Å². The minimum atomic E-state index is -0.337. The molecule has 1 radical (unpaired) electrons. The molecule has 0 saturated heterocycles. The Balaban J connectivity index is 0.000000335. The maximum Gasteiger partial charge on any atom is 0.164 e. The molecule has 5 aromatic rings. The van der Waals surface area contributed by atoms with Crippen LogP contribution in [0.5, 0.6) is 0 Å². The van der Waals surface area contributed by atoms with Gasteiger partial charge in [0.15, 0.2) is 11.4 Å². The fourth-order valence-corrected chi connectivity index (χ4v) is 6.09. The van der Waals surface area contributed by atoms with E-state index in [1.54, 1.807) is 12.6 Å². The third-order valence-electron chi connectivity index (χ3n) is 10.6. The molecule has 6 nitrogen and oxygen atoms in total. The van der Waals surface area contributed by atoms with Crippen molar-refractivity contribution in [1.82, 2.24) is 15.0 Å². The largest absolute Gasteiger partial charge is 0.512 e. The van der Waals surface area contributed by atoms with E-state index in [1.165, 1.54) is 22.6 Å². The van der Waals surface area contributed by atoms with Gasteiger partial charge in [-0.2, -0.15) is 0 Å². The van der Waals surface area contributed by atoms with Gasteiger partial charge in [0.1, 0.15) is 23.9 Å². The Kier molecular flexibility index (Phi) is 14.1. The molecular formula is C44H56IrN3O3-.